The van der Waals surface area contributed by atoms with Crippen LogP contribution in [0.1, 0.15) is 149 Å². The van der Waals surface area contributed by atoms with Gasteiger partial charge in [-0.1, -0.05) is 97.8 Å². The maximum Gasteiger partial charge on any atom is 0.224 e. The Labute approximate surface area is 264 Å². The monoisotopic (exact) mass is 606 g/mol. The predicted molar refractivity (Wildman–Crippen MR) is 175 cm³/mol. The van der Waals surface area contributed by atoms with E-state index in [0.717, 1.165) is 58.3 Å². The lowest BCUT2D eigenvalue weighted by Gasteiger charge is -2.47. The first kappa shape index (κ1) is 37.7. The van der Waals surface area contributed by atoms with Gasteiger partial charge in [-0.3, -0.25) is 14.4 Å². The lowest BCUT2D eigenvalue weighted by atomic mass is 9.71. The molecule has 0 aromatic rings. The molecular formula is C36H66N2O5. The lowest BCUT2D eigenvalue weighted by molar-refractivity contribution is -0.137. The Kier molecular flexibility index (Phi) is 20.1. The minimum atomic E-state index is 0.0520. The Morgan fingerprint density at radius 2 is 0.953 bits per heavy atom. The fraction of sp³-hybridized carbons (Fsp3) is 0.917. The maximum absolute atomic E-state index is 12.8. The van der Waals surface area contributed by atoms with E-state index in [4.69, 9.17) is 9.47 Å². The first-order valence-corrected chi connectivity index (χ1v) is 18.1. The number of Topliss-reactive ketones (excluding diaryl/α,β-unsaturated/α-hetero) is 1. The van der Waals surface area contributed by atoms with Crippen LogP contribution in [0, 0.1) is 11.3 Å². The molecule has 2 rings (SSSR count). The summed E-state index contributed by atoms with van der Waals surface area (Å²) in [6.07, 6.45) is 23.1. The molecule has 2 fully saturated rings. The standard InChI is InChI=1S/C36H66N2O5/c1-4-5-6-7-8-9-10-11-12-13-14-15-16-17-34(40)37-24-20-36(21-25-37)22-26-38(27-23-36)35(41)19-29-43-31-30-42-28-18-33(39)32(2)3/h32H,4-31H2,1-3H3. The van der Waals surface area contributed by atoms with Crippen molar-refractivity contribution in [2.45, 2.75) is 149 Å². The van der Waals surface area contributed by atoms with E-state index < -0.39 is 0 Å². The summed E-state index contributed by atoms with van der Waals surface area (Å²) in [5.74, 6) is 0.786. The van der Waals surface area contributed by atoms with Crippen molar-refractivity contribution in [2.24, 2.45) is 11.3 Å². The highest BCUT2D eigenvalue weighted by Crippen LogP contribution is 2.41. The summed E-state index contributed by atoms with van der Waals surface area (Å²) in [6, 6.07) is 0. The average Bonchev–Trinajstić information content (AvgIpc) is 3.01. The van der Waals surface area contributed by atoms with Crippen molar-refractivity contribution in [1.82, 2.24) is 9.80 Å². The van der Waals surface area contributed by atoms with Gasteiger partial charge in [0.15, 0.2) is 0 Å². The maximum atomic E-state index is 12.8. The number of carbonyl (C=O) groups excluding carboxylic acids is 3. The molecule has 7 heteroatoms. The van der Waals surface area contributed by atoms with Gasteiger partial charge in [0, 0.05) is 44.9 Å². The lowest BCUT2D eigenvalue weighted by Crippen LogP contribution is -2.49. The number of rotatable bonds is 24. The molecular weight excluding hydrogens is 540 g/mol. The zero-order chi connectivity index (χ0) is 31.2. The Morgan fingerprint density at radius 1 is 0.558 bits per heavy atom. The molecule has 250 valence electrons. The number of unbranched alkanes of at least 4 members (excludes halogenated alkanes) is 12. The second-order valence-electron chi connectivity index (χ2n) is 13.6. The van der Waals surface area contributed by atoms with Crippen molar-refractivity contribution in [3.05, 3.63) is 0 Å². The van der Waals surface area contributed by atoms with Crippen LogP contribution in [-0.2, 0) is 23.9 Å². The van der Waals surface area contributed by atoms with Crippen LogP contribution in [0.25, 0.3) is 0 Å². The topological polar surface area (TPSA) is 76.2 Å². The number of likely N-dealkylation sites (tertiary alicyclic amines) is 2. The predicted octanol–water partition coefficient (Wildman–Crippen LogP) is 7.74. The van der Waals surface area contributed by atoms with Crippen LogP contribution in [-0.4, -0.2) is 80.0 Å². The number of nitrogens with zero attached hydrogens (tertiary/aromatic N) is 2. The summed E-state index contributed by atoms with van der Waals surface area (Å²) < 4.78 is 11.0. The summed E-state index contributed by atoms with van der Waals surface area (Å²) in [6.45, 7) is 11.2. The zero-order valence-corrected chi connectivity index (χ0v) is 28.3. The van der Waals surface area contributed by atoms with Crippen LogP contribution >= 0.6 is 0 Å². The highest BCUT2D eigenvalue weighted by Gasteiger charge is 2.39. The number of piperidine rings is 2. The van der Waals surface area contributed by atoms with Crippen LogP contribution in [0.3, 0.4) is 0 Å². The van der Waals surface area contributed by atoms with Crippen molar-refractivity contribution in [1.29, 1.82) is 0 Å². The Morgan fingerprint density at radius 3 is 1.40 bits per heavy atom. The Bertz CT molecular complexity index is 753. The van der Waals surface area contributed by atoms with Crippen molar-refractivity contribution >= 4 is 17.6 Å². The van der Waals surface area contributed by atoms with E-state index >= 15 is 0 Å². The van der Waals surface area contributed by atoms with Gasteiger partial charge in [-0.05, 0) is 37.5 Å². The number of hydrogen-bond donors (Lipinski definition) is 0. The van der Waals surface area contributed by atoms with Gasteiger partial charge in [-0.2, -0.15) is 0 Å². The van der Waals surface area contributed by atoms with E-state index in [1.807, 2.05) is 18.7 Å². The highest BCUT2D eigenvalue weighted by molar-refractivity contribution is 5.80. The largest absolute Gasteiger partial charge is 0.379 e. The fourth-order valence-electron chi connectivity index (χ4n) is 6.51. The van der Waals surface area contributed by atoms with Gasteiger partial charge >= 0.3 is 0 Å². The van der Waals surface area contributed by atoms with Gasteiger partial charge in [-0.15, -0.1) is 0 Å². The summed E-state index contributed by atoms with van der Waals surface area (Å²) >= 11 is 0. The number of carbonyl (C=O) groups is 3. The molecule has 0 bridgehead atoms. The third-order valence-electron chi connectivity index (χ3n) is 9.82. The van der Waals surface area contributed by atoms with Crippen LogP contribution < -0.4 is 0 Å². The average molecular weight is 607 g/mol. The third-order valence-corrected chi connectivity index (χ3v) is 9.82. The molecule has 2 heterocycles. The quantitative estimate of drug-likeness (QED) is 0.105. The highest BCUT2D eigenvalue weighted by atomic mass is 16.5. The third kappa shape index (κ3) is 16.4. The summed E-state index contributed by atoms with van der Waals surface area (Å²) in [5, 5.41) is 0. The molecule has 2 saturated heterocycles. The first-order chi connectivity index (χ1) is 20.9. The second-order valence-corrected chi connectivity index (χ2v) is 13.6. The van der Waals surface area contributed by atoms with Crippen molar-refractivity contribution in [3.8, 4) is 0 Å². The minimum absolute atomic E-state index is 0.0520. The molecule has 43 heavy (non-hydrogen) atoms. The van der Waals surface area contributed by atoms with E-state index in [0.29, 0.717) is 57.0 Å². The molecule has 0 atom stereocenters. The molecule has 2 aliphatic heterocycles. The van der Waals surface area contributed by atoms with Gasteiger partial charge in [-0.25, -0.2) is 0 Å². The molecule has 0 aromatic carbocycles. The number of ether oxygens (including phenoxy) is 2. The van der Waals surface area contributed by atoms with E-state index in [1.165, 1.54) is 77.0 Å². The number of hydrogen-bond acceptors (Lipinski definition) is 5. The van der Waals surface area contributed by atoms with Crippen LogP contribution in [0.15, 0.2) is 0 Å². The first-order valence-electron chi connectivity index (χ1n) is 18.1. The molecule has 0 N–H and O–H groups in total. The molecule has 0 unspecified atom stereocenters. The Hall–Kier alpha value is -1.47. The van der Waals surface area contributed by atoms with E-state index in [-0.39, 0.29) is 17.6 Å². The molecule has 1 spiro atoms. The molecule has 0 aromatic heterocycles. The van der Waals surface area contributed by atoms with Gasteiger partial charge in [0.2, 0.25) is 11.8 Å². The number of amides is 2. The SMILES string of the molecule is CCCCCCCCCCCCCCCC(=O)N1CCC2(CC1)CCN(C(=O)CCOCCOCCC(=O)C(C)C)CC2. The summed E-state index contributed by atoms with van der Waals surface area (Å²) in [5.41, 5.74) is 0.299. The molecule has 0 aliphatic carbocycles. The van der Waals surface area contributed by atoms with Gasteiger partial charge in [0.25, 0.3) is 0 Å². The minimum Gasteiger partial charge on any atom is -0.379 e. The molecule has 0 saturated carbocycles. The fourth-order valence-corrected chi connectivity index (χ4v) is 6.51. The number of ketones is 1. The normalized spacial score (nSPS) is 16.7. The van der Waals surface area contributed by atoms with Crippen LogP contribution in [0.4, 0.5) is 0 Å². The van der Waals surface area contributed by atoms with E-state index in [2.05, 4.69) is 11.8 Å². The van der Waals surface area contributed by atoms with Crippen LogP contribution in [0.2, 0.25) is 0 Å². The molecule has 2 amide bonds. The smallest absolute Gasteiger partial charge is 0.224 e. The Balaban J connectivity index is 1.44. The zero-order valence-electron chi connectivity index (χ0n) is 28.3. The van der Waals surface area contributed by atoms with Crippen molar-refractivity contribution in [3.63, 3.8) is 0 Å². The molecule has 2 aliphatic rings. The van der Waals surface area contributed by atoms with E-state index in [1.54, 1.807) is 0 Å². The molecule has 7 nitrogen and oxygen atoms in total. The van der Waals surface area contributed by atoms with Gasteiger partial charge in [0.1, 0.15) is 5.78 Å². The molecule has 0 radical (unpaired) electrons. The summed E-state index contributed by atoms with van der Waals surface area (Å²) in [7, 11) is 0. The van der Waals surface area contributed by atoms with Crippen molar-refractivity contribution < 1.29 is 23.9 Å². The van der Waals surface area contributed by atoms with Gasteiger partial charge in [0.05, 0.1) is 32.8 Å². The van der Waals surface area contributed by atoms with Crippen LogP contribution in [0.5, 0.6) is 0 Å². The second kappa shape index (κ2) is 23.0. The van der Waals surface area contributed by atoms with Crippen molar-refractivity contribution in [2.75, 3.05) is 52.6 Å². The summed E-state index contributed by atoms with van der Waals surface area (Å²) in [4.78, 5) is 41.2. The van der Waals surface area contributed by atoms with Gasteiger partial charge < -0.3 is 19.3 Å². The van der Waals surface area contributed by atoms with E-state index in [9.17, 15) is 14.4 Å².